The largest absolute Gasteiger partial charge is 0.349 e. The predicted octanol–water partition coefficient (Wildman–Crippen LogP) is 4.05. The van der Waals surface area contributed by atoms with E-state index in [9.17, 15) is 4.79 Å². The molecule has 18 heavy (non-hydrogen) atoms. The summed E-state index contributed by atoms with van der Waals surface area (Å²) in [4.78, 5) is 12.9. The van der Waals surface area contributed by atoms with Gasteiger partial charge in [-0.05, 0) is 49.8 Å². The van der Waals surface area contributed by atoms with Gasteiger partial charge >= 0.3 is 0 Å². The van der Waals surface area contributed by atoms with Crippen LogP contribution in [0.5, 0.6) is 0 Å². The van der Waals surface area contributed by atoms with E-state index in [4.69, 9.17) is 0 Å². The van der Waals surface area contributed by atoms with Crippen molar-refractivity contribution in [3.8, 4) is 0 Å². The SMILES string of the molecule is CC1CCC(NC(=O)c2ccc(Br)cc2S)CC1. The van der Waals surface area contributed by atoms with Crippen molar-refractivity contribution in [3.05, 3.63) is 28.2 Å². The molecule has 0 aliphatic heterocycles. The Morgan fingerprint density at radius 2 is 2.00 bits per heavy atom. The lowest BCUT2D eigenvalue weighted by atomic mass is 9.87. The number of halogens is 1. The number of nitrogens with one attached hydrogen (secondary N) is 1. The molecule has 0 radical (unpaired) electrons. The molecule has 98 valence electrons. The van der Waals surface area contributed by atoms with Crippen LogP contribution in [-0.4, -0.2) is 11.9 Å². The maximum atomic E-state index is 12.2. The number of carbonyl (C=O) groups excluding carboxylic acids is 1. The third kappa shape index (κ3) is 3.51. The molecule has 0 saturated heterocycles. The van der Waals surface area contributed by atoms with E-state index in [1.165, 1.54) is 12.8 Å². The van der Waals surface area contributed by atoms with E-state index in [0.29, 0.717) is 16.5 Å². The summed E-state index contributed by atoms with van der Waals surface area (Å²) in [6.07, 6.45) is 4.59. The second-order valence-electron chi connectivity index (χ2n) is 5.09. The Kier molecular flexibility index (Phi) is 4.73. The average Bonchev–Trinajstić information content (AvgIpc) is 2.32. The monoisotopic (exact) mass is 327 g/mol. The summed E-state index contributed by atoms with van der Waals surface area (Å²) < 4.78 is 0.940. The lowest BCUT2D eigenvalue weighted by Gasteiger charge is -2.27. The molecule has 1 saturated carbocycles. The summed E-state index contributed by atoms with van der Waals surface area (Å²) in [5, 5.41) is 3.11. The standard InChI is InChI=1S/C14H18BrNOS/c1-9-2-5-11(6-3-9)16-14(17)12-7-4-10(15)8-13(12)18/h4,7-9,11,18H,2-3,5-6H2,1H3,(H,16,17). The highest BCUT2D eigenvalue weighted by Gasteiger charge is 2.20. The number of rotatable bonds is 2. The van der Waals surface area contributed by atoms with Gasteiger partial charge in [-0.3, -0.25) is 4.79 Å². The molecule has 2 rings (SSSR count). The van der Waals surface area contributed by atoms with Crippen molar-refractivity contribution in [2.45, 2.75) is 43.5 Å². The van der Waals surface area contributed by atoms with Gasteiger partial charge in [-0.1, -0.05) is 22.9 Å². The normalized spacial score (nSPS) is 23.7. The second-order valence-corrected chi connectivity index (χ2v) is 6.49. The fraction of sp³-hybridized carbons (Fsp3) is 0.500. The summed E-state index contributed by atoms with van der Waals surface area (Å²) in [7, 11) is 0. The Morgan fingerprint density at radius 1 is 1.33 bits per heavy atom. The third-order valence-electron chi connectivity index (χ3n) is 3.56. The minimum atomic E-state index is -0.00736. The number of amides is 1. The molecule has 1 aliphatic rings. The van der Waals surface area contributed by atoms with Crippen molar-refractivity contribution < 1.29 is 4.79 Å². The molecule has 1 aromatic carbocycles. The highest BCUT2D eigenvalue weighted by atomic mass is 79.9. The van der Waals surface area contributed by atoms with Gasteiger partial charge in [0.05, 0.1) is 5.56 Å². The molecule has 0 unspecified atom stereocenters. The molecule has 1 aromatic rings. The van der Waals surface area contributed by atoms with Crippen LogP contribution >= 0.6 is 28.6 Å². The lowest BCUT2D eigenvalue weighted by molar-refractivity contribution is 0.0920. The van der Waals surface area contributed by atoms with Crippen molar-refractivity contribution in [1.82, 2.24) is 5.32 Å². The van der Waals surface area contributed by atoms with Gasteiger partial charge in [-0.15, -0.1) is 12.6 Å². The summed E-state index contributed by atoms with van der Waals surface area (Å²) in [5.41, 5.74) is 0.653. The predicted molar refractivity (Wildman–Crippen MR) is 80.3 cm³/mol. The molecule has 0 aromatic heterocycles. The summed E-state index contributed by atoms with van der Waals surface area (Å²) in [5.74, 6) is 0.790. The van der Waals surface area contributed by atoms with E-state index in [0.717, 1.165) is 23.2 Å². The first-order valence-corrected chi connectivity index (χ1v) is 7.59. The smallest absolute Gasteiger partial charge is 0.252 e. The minimum Gasteiger partial charge on any atom is -0.349 e. The molecule has 2 nitrogen and oxygen atoms in total. The topological polar surface area (TPSA) is 29.1 Å². The van der Waals surface area contributed by atoms with Crippen LogP contribution in [0.1, 0.15) is 43.0 Å². The van der Waals surface area contributed by atoms with Gasteiger partial charge in [0.15, 0.2) is 0 Å². The molecule has 0 heterocycles. The Bertz CT molecular complexity index is 441. The van der Waals surface area contributed by atoms with Crippen LogP contribution in [0.15, 0.2) is 27.6 Å². The van der Waals surface area contributed by atoms with Gasteiger partial charge in [0.1, 0.15) is 0 Å². The molecular formula is C14H18BrNOS. The minimum absolute atomic E-state index is 0.00736. The first-order chi connectivity index (χ1) is 8.56. The highest BCUT2D eigenvalue weighted by Crippen LogP contribution is 2.24. The fourth-order valence-corrected chi connectivity index (χ4v) is 3.22. The van der Waals surface area contributed by atoms with Crippen molar-refractivity contribution in [1.29, 1.82) is 0 Å². The molecule has 0 bridgehead atoms. The van der Waals surface area contributed by atoms with Gasteiger partial charge in [-0.2, -0.15) is 0 Å². The number of benzene rings is 1. The Balaban J connectivity index is 1.99. The molecule has 4 heteroatoms. The third-order valence-corrected chi connectivity index (χ3v) is 4.42. The summed E-state index contributed by atoms with van der Waals surface area (Å²) >= 11 is 7.72. The second kappa shape index (κ2) is 6.11. The van der Waals surface area contributed by atoms with Gasteiger partial charge in [-0.25, -0.2) is 0 Å². The van der Waals surface area contributed by atoms with Crippen LogP contribution in [0.2, 0.25) is 0 Å². The van der Waals surface area contributed by atoms with Crippen LogP contribution in [0.3, 0.4) is 0 Å². The molecular weight excluding hydrogens is 310 g/mol. The number of hydrogen-bond acceptors (Lipinski definition) is 2. The summed E-state index contributed by atoms with van der Waals surface area (Å²) in [6.45, 7) is 2.28. The van der Waals surface area contributed by atoms with Crippen LogP contribution in [-0.2, 0) is 0 Å². The molecule has 1 N–H and O–H groups in total. The maximum absolute atomic E-state index is 12.2. The molecule has 1 aliphatic carbocycles. The Hall–Kier alpha value is -0.480. The van der Waals surface area contributed by atoms with Crippen LogP contribution in [0.25, 0.3) is 0 Å². The van der Waals surface area contributed by atoms with Gasteiger partial charge in [0.2, 0.25) is 0 Å². The van der Waals surface area contributed by atoms with E-state index < -0.39 is 0 Å². The number of hydrogen-bond donors (Lipinski definition) is 2. The van der Waals surface area contributed by atoms with Gasteiger partial charge in [0, 0.05) is 15.4 Å². The van der Waals surface area contributed by atoms with E-state index in [1.807, 2.05) is 18.2 Å². The Morgan fingerprint density at radius 3 is 2.61 bits per heavy atom. The zero-order chi connectivity index (χ0) is 13.1. The molecule has 0 spiro atoms. The molecule has 1 fully saturated rings. The fourth-order valence-electron chi connectivity index (χ4n) is 2.36. The van der Waals surface area contributed by atoms with Crippen molar-refractivity contribution >= 4 is 34.5 Å². The van der Waals surface area contributed by atoms with E-state index in [2.05, 4.69) is 40.8 Å². The van der Waals surface area contributed by atoms with Crippen LogP contribution < -0.4 is 5.32 Å². The van der Waals surface area contributed by atoms with Crippen molar-refractivity contribution in [2.24, 2.45) is 5.92 Å². The maximum Gasteiger partial charge on any atom is 0.252 e. The first-order valence-electron chi connectivity index (χ1n) is 6.35. The average molecular weight is 328 g/mol. The molecule has 0 atom stereocenters. The Labute approximate surface area is 122 Å². The highest BCUT2D eigenvalue weighted by molar-refractivity contribution is 9.10. The van der Waals surface area contributed by atoms with Crippen molar-refractivity contribution in [2.75, 3.05) is 0 Å². The first kappa shape index (κ1) is 13.9. The zero-order valence-electron chi connectivity index (χ0n) is 10.4. The lowest BCUT2D eigenvalue weighted by Crippen LogP contribution is -2.37. The number of carbonyl (C=O) groups is 1. The zero-order valence-corrected chi connectivity index (χ0v) is 12.9. The quantitative estimate of drug-likeness (QED) is 0.788. The van der Waals surface area contributed by atoms with Crippen LogP contribution in [0, 0.1) is 5.92 Å². The summed E-state index contributed by atoms with van der Waals surface area (Å²) in [6, 6.07) is 5.86. The molecule has 1 amide bonds. The number of thiol groups is 1. The van der Waals surface area contributed by atoms with Gasteiger partial charge < -0.3 is 5.32 Å². The van der Waals surface area contributed by atoms with Gasteiger partial charge in [0.25, 0.3) is 5.91 Å². The van der Waals surface area contributed by atoms with E-state index in [1.54, 1.807) is 0 Å². The van der Waals surface area contributed by atoms with Crippen LogP contribution in [0.4, 0.5) is 0 Å². The van der Waals surface area contributed by atoms with E-state index in [-0.39, 0.29) is 5.91 Å². The van der Waals surface area contributed by atoms with Crippen molar-refractivity contribution in [3.63, 3.8) is 0 Å². The van der Waals surface area contributed by atoms with E-state index >= 15 is 0 Å².